The smallest absolute Gasteiger partial charge is 0.253 e. The molecule has 0 bridgehead atoms. The summed E-state index contributed by atoms with van der Waals surface area (Å²) in [5.74, 6) is -0.287. The maximum absolute atomic E-state index is 12.9. The van der Waals surface area contributed by atoms with Gasteiger partial charge in [-0.15, -0.1) is 0 Å². The Balaban J connectivity index is 1.92. The fourth-order valence-electron chi connectivity index (χ4n) is 2.55. The fourth-order valence-corrected chi connectivity index (χ4v) is 2.55. The predicted molar refractivity (Wildman–Crippen MR) is 78.3 cm³/mol. The van der Waals surface area contributed by atoms with Crippen molar-refractivity contribution in [1.29, 1.82) is 0 Å². The summed E-state index contributed by atoms with van der Waals surface area (Å²) in [6, 6.07) is 5.83. The number of carbonyl (C=O) groups excluding carboxylic acids is 1. The highest BCUT2D eigenvalue weighted by atomic mass is 19.1. The number of hydrogen-bond donors (Lipinski definition) is 0. The van der Waals surface area contributed by atoms with Gasteiger partial charge in [0, 0.05) is 25.2 Å². The van der Waals surface area contributed by atoms with Gasteiger partial charge < -0.3 is 9.80 Å². The first-order valence-corrected chi connectivity index (χ1v) is 7.48. The molecule has 0 aliphatic carbocycles. The van der Waals surface area contributed by atoms with Crippen LogP contribution >= 0.6 is 0 Å². The second kappa shape index (κ2) is 7.39. The molecule has 1 aliphatic rings. The summed E-state index contributed by atoms with van der Waals surface area (Å²) < 4.78 is 12.9. The molecule has 0 saturated carbocycles. The quantitative estimate of drug-likeness (QED) is 0.845. The fraction of sp³-hybridized carbons (Fsp3) is 0.562. The molecule has 1 saturated heterocycles. The van der Waals surface area contributed by atoms with Crippen molar-refractivity contribution in [1.82, 2.24) is 9.80 Å². The summed E-state index contributed by atoms with van der Waals surface area (Å²) in [5, 5.41) is 0. The first-order valence-electron chi connectivity index (χ1n) is 7.48. The highest BCUT2D eigenvalue weighted by Gasteiger charge is 2.19. The van der Waals surface area contributed by atoms with E-state index in [1.54, 1.807) is 12.1 Å². The molecule has 0 N–H and O–H groups in total. The van der Waals surface area contributed by atoms with E-state index in [2.05, 4.69) is 11.8 Å². The number of rotatable bonds is 4. The van der Waals surface area contributed by atoms with Crippen molar-refractivity contribution in [2.24, 2.45) is 0 Å². The van der Waals surface area contributed by atoms with E-state index >= 15 is 0 Å². The molecule has 1 aromatic carbocycles. The van der Waals surface area contributed by atoms with Crippen LogP contribution in [-0.4, -0.2) is 48.4 Å². The minimum absolute atomic E-state index is 0.0161. The molecule has 0 aromatic heterocycles. The molecule has 1 fully saturated rings. The summed E-state index contributed by atoms with van der Waals surface area (Å²) >= 11 is 0. The van der Waals surface area contributed by atoms with Crippen LogP contribution in [0.2, 0.25) is 0 Å². The topological polar surface area (TPSA) is 23.6 Å². The van der Waals surface area contributed by atoms with Crippen LogP contribution in [0.25, 0.3) is 0 Å². The van der Waals surface area contributed by atoms with Gasteiger partial charge in [0.25, 0.3) is 5.91 Å². The monoisotopic (exact) mass is 278 g/mol. The van der Waals surface area contributed by atoms with E-state index in [-0.39, 0.29) is 11.7 Å². The van der Waals surface area contributed by atoms with Gasteiger partial charge in [0.2, 0.25) is 0 Å². The first kappa shape index (κ1) is 15.0. The summed E-state index contributed by atoms with van der Waals surface area (Å²) in [6.45, 7) is 6.87. The summed E-state index contributed by atoms with van der Waals surface area (Å²) in [5.41, 5.74) is 0.577. The van der Waals surface area contributed by atoms with Crippen molar-refractivity contribution >= 4 is 5.91 Å². The highest BCUT2D eigenvalue weighted by molar-refractivity contribution is 5.94. The Kier molecular flexibility index (Phi) is 5.53. The van der Waals surface area contributed by atoms with Crippen LogP contribution in [0.3, 0.4) is 0 Å². The molecule has 2 rings (SSSR count). The van der Waals surface area contributed by atoms with Crippen LogP contribution in [-0.2, 0) is 0 Å². The Morgan fingerprint density at radius 2 is 1.90 bits per heavy atom. The lowest BCUT2D eigenvalue weighted by Gasteiger charge is -2.22. The first-order chi connectivity index (χ1) is 9.70. The van der Waals surface area contributed by atoms with E-state index in [1.165, 1.54) is 25.0 Å². The summed E-state index contributed by atoms with van der Waals surface area (Å²) in [4.78, 5) is 16.7. The van der Waals surface area contributed by atoms with Gasteiger partial charge in [-0.05, 0) is 50.2 Å². The van der Waals surface area contributed by atoms with Gasteiger partial charge in [0.05, 0.1) is 0 Å². The zero-order chi connectivity index (χ0) is 14.4. The Morgan fingerprint density at radius 1 is 1.15 bits per heavy atom. The second-order valence-corrected chi connectivity index (χ2v) is 5.35. The molecule has 110 valence electrons. The molecule has 1 aliphatic heterocycles. The van der Waals surface area contributed by atoms with E-state index < -0.39 is 0 Å². The Labute approximate surface area is 120 Å². The average Bonchev–Trinajstić information content (AvgIpc) is 2.70. The zero-order valence-corrected chi connectivity index (χ0v) is 12.1. The molecule has 0 spiro atoms. The van der Waals surface area contributed by atoms with E-state index in [0.717, 1.165) is 39.1 Å². The molecule has 20 heavy (non-hydrogen) atoms. The van der Waals surface area contributed by atoms with Crippen LogP contribution in [0.15, 0.2) is 24.3 Å². The molecule has 1 amide bonds. The molecular weight excluding hydrogens is 255 g/mol. The Morgan fingerprint density at radius 3 is 2.60 bits per heavy atom. The lowest BCUT2D eigenvalue weighted by atomic mass is 10.2. The van der Waals surface area contributed by atoms with E-state index in [4.69, 9.17) is 0 Å². The minimum atomic E-state index is -0.303. The van der Waals surface area contributed by atoms with Crippen molar-refractivity contribution in [3.05, 3.63) is 35.6 Å². The predicted octanol–water partition coefficient (Wildman–Crippen LogP) is 2.77. The SMILES string of the molecule is CCCCN1CCCN(C(=O)c2ccc(F)cc2)CC1. The maximum atomic E-state index is 12.9. The third-order valence-corrected chi connectivity index (χ3v) is 3.79. The molecular formula is C16H23FN2O. The van der Waals surface area contributed by atoms with Gasteiger partial charge in [0.1, 0.15) is 5.82 Å². The van der Waals surface area contributed by atoms with Crippen LogP contribution in [0.4, 0.5) is 4.39 Å². The van der Waals surface area contributed by atoms with Crippen LogP contribution < -0.4 is 0 Å². The number of amides is 1. The van der Waals surface area contributed by atoms with Crippen molar-refractivity contribution in [3.8, 4) is 0 Å². The van der Waals surface area contributed by atoms with Gasteiger partial charge >= 0.3 is 0 Å². The van der Waals surface area contributed by atoms with Crippen molar-refractivity contribution in [3.63, 3.8) is 0 Å². The van der Waals surface area contributed by atoms with E-state index in [9.17, 15) is 9.18 Å². The van der Waals surface area contributed by atoms with Crippen molar-refractivity contribution < 1.29 is 9.18 Å². The van der Waals surface area contributed by atoms with Gasteiger partial charge in [0.15, 0.2) is 0 Å². The Bertz CT molecular complexity index is 433. The maximum Gasteiger partial charge on any atom is 0.253 e. The van der Waals surface area contributed by atoms with Crippen LogP contribution in [0, 0.1) is 5.82 Å². The van der Waals surface area contributed by atoms with Gasteiger partial charge in [-0.25, -0.2) is 4.39 Å². The van der Waals surface area contributed by atoms with E-state index in [0.29, 0.717) is 5.56 Å². The minimum Gasteiger partial charge on any atom is -0.337 e. The molecule has 1 aromatic rings. The molecule has 3 nitrogen and oxygen atoms in total. The van der Waals surface area contributed by atoms with Crippen molar-refractivity contribution in [2.45, 2.75) is 26.2 Å². The van der Waals surface area contributed by atoms with Crippen molar-refractivity contribution in [2.75, 3.05) is 32.7 Å². The molecule has 0 unspecified atom stereocenters. The Hall–Kier alpha value is -1.42. The summed E-state index contributed by atoms with van der Waals surface area (Å²) in [6.07, 6.45) is 3.43. The number of unbranched alkanes of at least 4 members (excludes halogenated alkanes) is 1. The van der Waals surface area contributed by atoms with Gasteiger partial charge in [-0.1, -0.05) is 13.3 Å². The molecule has 0 atom stereocenters. The molecule has 1 heterocycles. The number of halogens is 1. The third kappa shape index (κ3) is 4.04. The lowest BCUT2D eigenvalue weighted by molar-refractivity contribution is 0.0761. The van der Waals surface area contributed by atoms with Gasteiger partial charge in [-0.3, -0.25) is 4.79 Å². The van der Waals surface area contributed by atoms with Crippen LogP contribution in [0.1, 0.15) is 36.5 Å². The highest BCUT2D eigenvalue weighted by Crippen LogP contribution is 2.10. The molecule has 4 heteroatoms. The number of nitrogens with zero attached hydrogens (tertiary/aromatic N) is 2. The normalized spacial score (nSPS) is 17.0. The number of carbonyl (C=O) groups is 1. The lowest BCUT2D eigenvalue weighted by Crippen LogP contribution is -2.35. The average molecular weight is 278 g/mol. The standard InChI is InChI=1S/C16H23FN2O/c1-2-3-9-18-10-4-11-19(13-12-18)16(20)14-5-7-15(17)8-6-14/h5-8H,2-4,9-13H2,1H3. The van der Waals surface area contributed by atoms with E-state index in [1.807, 2.05) is 4.90 Å². The van der Waals surface area contributed by atoms with Crippen LogP contribution in [0.5, 0.6) is 0 Å². The second-order valence-electron chi connectivity index (χ2n) is 5.35. The number of benzene rings is 1. The van der Waals surface area contributed by atoms with Gasteiger partial charge in [-0.2, -0.15) is 0 Å². The number of hydrogen-bond acceptors (Lipinski definition) is 2. The third-order valence-electron chi connectivity index (χ3n) is 3.79. The summed E-state index contributed by atoms with van der Waals surface area (Å²) in [7, 11) is 0. The molecule has 0 radical (unpaired) electrons. The zero-order valence-electron chi connectivity index (χ0n) is 12.1. The largest absolute Gasteiger partial charge is 0.337 e.